The molecule has 140 valence electrons. The Morgan fingerprint density at radius 1 is 1.30 bits per heavy atom. The maximum absolute atomic E-state index is 13.1. The molecule has 0 spiro atoms. The van der Waals surface area contributed by atoms with Gasteiger partial charge in [0.25, 0.3) is 5.69 Å². The second-order valence-electron chi connectivity index (χ2n) is 5.94. The van der Waals surface area contributed by atoms with E-state index in [1.807, 2.05) is 24.5 Å². The fraction of sp³-hybridized carbons (Fsp3) is 0.250. The molecule has 7 heteroatoms. The molecule has 1 aromatic carbocycles. The van der Waals surface area contributed by atoms with E-state index in [9.17, 15) is 14.9 Å². The highest BCUT2D eigenvalue weighted by atomic mass is 32.1. The third kappa shape index (κ3) is 5.27. The zero-order valence-electron chi connectivity index (χ0n) is 15.1. The molecule has 1 aromatic heterocycles. The summed E-state index contributed by atoms with van der Waals surface area (Å²) < 4.78 is 1.72. The molecule has 2 rings (SSSR count). The third-order valence-corrected chi connectivity index (χ3v) is 4.33. The summed E-state index contributed by atoms with van der Waals surface area (Å²) in [5.74, 6) is -0.268. The van der Waals surface area contributed by atoms with Crippen molar-refractivity contribution >= 4 is 29.1 Å². The maximum Gasteiger partial charge on any atom is 0.269 e. The third-order valence-electron chi connectivity index (χ3n) is 3.98. The number of nitro benzene ring substituents is 1. The number of rotatable bonds is 9. The summed E-state index contributed by atoms with van der Waals surface area (Å²) in [6.07, 6.45) is 7.22. The number of benzene rings is 1. The van der Waals surface area contributed by atoms with Gasteiger partial charge in [0.15, 0.2) is 12.4 Å². The Kier molecular flexibility index (Phi) is 7.31. The zero-order chi connectivity index (χ0) is 19.8. The minimum Gasteiger partial charge on any atom is -0.758 e. The van der Waals surface area contributed by atoms with Crippen LogP contribution in [0.4, 0.5) is 5.69 Å². The van der Waals surface area contributed by atoms with Crippen molar-refractivity contribution < 1.29 is 14.3 Å². The molecule has 0 aliphatic heterocycles. The first kappa shape index (κ1) is 20.4. The molecule has 1 atom stereocenters. The number of carbonyl (C=O) groups is 1. The van der Waals surface area contributed by atoms with Gasteiger partial charge < -0.3 is 17.6 Å². The highest BCUT2D eigenvalue weighted by Gasteiger charge is 2.28. The van der Waals surface area contributed by atoms with Gasteiger partial charge in [0.05, 0.1) is 11.5 Å². The van der Waals surface area contributed by atoms with Gasteiger partial charge in [0.2, 0.25) is 11.8 Å². The number of aliphatic imine (C=N–C) groups is 1. The number of Topliss-reactive ketones (excluding diaryl/α,β-unsaturated/α-hetero) is 1. The van der Waals surface area contributed by atoms with Crippen molar-refractivity contribution in [3.8, 4) is 0 Å². The largest absolute Gasteiger partial charge is 0.758 e. The van der Waals surface area contributed by atoms with Crippen molar-refractivity contribution in [2.75, 3.05) is 6.54 Å². The van der Waals surface area contributed by atoms with Crippen LogP contribution in [-0.4, -0.2) is 22.3 Å². The minimum absolute atomic E-state index is 0.0707. The van der Waals surface area contributed by atoms with Crippen LogP contribution in [0.1, 0.15) is 35.3 Å². The number of carbonyl (C=O) groups excluding carboxylic acids is 1. The van der Waals surface area contributed by atoms with E-state index >= 15 is 0 Å². The standard InChI is InChI=1S/C20H21N3O3S/c1-3-5-15-10-13-22(14-11-15)18(20(27)21-12-4-2)19(24)16-6-8-17(9-7-16)23(25)26/h4,6-11,13-14,18H,2-3,5,12H2,1H3/t18-/m0/s1. The molecule has 0 N–H and O–H groups in total. The number of aryl methyl sites for hydroxylation is 1. The van der Waals surface area contributed by atoms with E-state index in [4.69, 9.17) is 12.6 Å². The van der Waals surface area contributed by atoms with Crippen molar-refractivity contribution in [2.45, 2.75) is 25.8 Å². The second-order valence-corrected chi connectivity index (χ2v) is 6.36. The summed E-state index contributed by atoms with van der Waals surface area (Å²) in [5, 5.41) is 11.1. The lowest BCUT2D eigenvalue weighted by molar-refractivity contribution is -0.692. The fourth-order valence-electron chi connectivity index (χ4n) is 2.62. The summed E-state index contributed by atoms with van der Waals surface area (Å²) in [5.41, 5.74) is 1.44. The van der Waals surface area contributed by atoms with Crippen LogP contribution in [-0.2, 0) is 19.0 Å². The Balaban J connectivity index is 2.40. The van der Waals surface area contributed by atoms with Crippen molar-refractivity contribution in [3.63, 3.8) is 0 Å². The number of nitro groups is 1. The molecule has 0 saturated heterocycles. The first-order chi connectivity index (χ1) is 13.0. The number of non-ortho nitro benzene ring substituents is 1. The molecule has 0 radical (unpaired) electrons. The highest BCUT2D eigenvalue weighted by molar-refractivity contribution is 7.77. The van der Waals surface area contributed by atoms with Crippen LogP contribution in [0.5, 0.6) is 0 Å². The van der Waals surface area contributed by atoms with Gasteiger partial charge in [-0.25, -0.2) is 0 Å². The summed E-state index contributed by atoms with van der Waals surface area (Å²) in [6, 6.07) is 8.61. The zero-order valence-corrected chi connectivity index (χ0v) is 15.9. The maximum atomic E-state index is 13.1. The smallest absolute Gasteiger partial charge is 0.269 e. The molecular weight excluding hydrogens is 362 g/mol. The number of aromatic nitrogens is 1. The fourth-order valence-corrected chi connectivity index (χ4v) is 2.92. The van der Waals surface area contributed by atoms with Crippen LogP contribution in [0.15, 0.2) is 66.4 Å². The average Bonchev–Trinajstić information content (AvgIpc) is 2.68. The van der Waals surface area contributed by atoms with Gasteiger partial charge in [-0.1, -0.05) is 19.4 Å². The quantitative estimate of drug-likeness (QED) is 0.0972. The van der Waals surface area contributed by atoms with E-state index in [0.29, 0.717) is 12.1 Å². The first-order valence-corrected chi connectivity index (χ1v) is 8.99. The minimum atomic E-state index is -0.794. The molecule has 0 bridgehead atoms. The summed E-state index contributed by atoms with van der Waals surface area (Å²) in [7, 11) is 0. The molecule has 2 aromatic rings. The Morgan fingerprint density at radius 2 is 1.93 bits per heavy atom. The number of hydrogen-bond donors (Lipinski definition) is 0. The van der Waals surface area contributed by atoms with Crippen molar-refractivity contribution in [1.82, 2.24) is 0 Å². The van der Waals surface area contributed by atoms with Crippen LogP contribution in [0.3, 0.4) is 0 Å². The van der Waals surface area contributed by atoms with Gasteiger partial charge in [-0.2, -0.15) is 4.57 Å². The summed E-state index contributed by atoms with van der Waals surface area (Å²) in [6.45, 7) is 6.04. The molecule has 0 amide bonds. The van der Waals surface area contributed by atoms with E-state index < -0.39 is 11.0 Å². The van der Waals surface area contributed by atoms with Crippen LogP contribution >= 0.6 is 0 Å². The predicted molar refractivity (Wildman–Crippen MR) is 107 cm³/mol. The van der Waals surface area contributed by atoms with Gasteiger partial charge >= 0.3 is 0 Å². The number of nitrogens with zero attached hydrogens (tertiary/aromatic N) is 3. The molecule has 6 nitrogen and oxygen atoms in total. The topological polar surface area (TPSA) is 76.4 Å². The van der Waals surface area contributed by atoms with Crippen LogP contribution in [0, 0.1) is 10.1 Å². The van der Waals surface area contributed by atoms with Gasteiger partial charge in [0, 0.05) is 29.8 Å². The molecule has 1 heterocycles. The Labute approximate surface area is 163 Å². The van der Waals surface area contributed by atoms with Gasteiger partial charge in [-0.3, -0.25) is 14.9 Å². The average molecular weight is 383 g/mol. The molecular formula is C20H21N3O3S. The highest BCUT2D eigenvalue weighted by Crippen LogP contribution is 2.16. The van der Waals surface area contributed by atoms with Gasteiger partial charge in [-0.15, -0.1) is 6.58 Å². The summed E-state index contributed by atoms with van der Waals surface area (Å²) >= 11 is 5.39. The normalized spacial score (nSPS) is 12.4. The predicted octanol–water partition coefficient (Wildman–Crippen LogP) is 3.39. The van der Waals surface area contributed by atoms with Crippen molar-refractivity contribution in [3.05, 3.63) is 82.7 Å². The number of pyridine rings is 1. The first-order valence-electron chi connectivity index (χ1n) is 8.58. The lowest BCUT2D eigenvalue weighted by Gasteiger charge is -2.18. The van der Waals surface area contributed by atoms with Crippen molar-refractivity contribution in [1.29, 1.82) is 0 Å². The lowest BCUT2D eigenvalue weighted by Crippen LogP contribution is -2.47. The summed E-state index contributed by atoms with van der Waals surface area (Å²) in [4.78, 5) is 27.6. The van der Waals surface area contributed by atoms with Crippen LogP contribution in [0.25, 0.3) is 0 Å². The molecule has 0 aliphatic carbocycles. The van der Waals surface area contributed by atoms with E-state index in [0.717, 1.165) is 12.8 Å². The van der Waals surface area contributed by atoms with Gasteiger partial charge in [-0.05, 0) is 29.2 Å². The molecule has 27 heavy (non-hydrogen) atoms. The lowest BCUT2D eigenvalue weighted by atomic mass is 10.0. The molecule has 0 fully saturated rings. The molecule has 0 aliphatic rings. The Morgan fingerprint density at radius 3 is 2.44 bits per heavy atom. The van der Waals surface area contributed by atoms with E-state index in [1.165, 1.54) is 29.8 Å². The number of ketones is 1. The van der Waals surface area contributed by atoms with Crippen LogP contribution < -0.4 is 4.57 Å². The SMILES string of the molecule is C=CCN=C([S-])[C@H](C(=O)c1ccc([N+](=O)[O-])cc1)[n+]1ccc(CCC)cc1. The second kappa shape index (κ2) is 9.68. The van der Waals surface area contributed by atoms with E-state index in [-0.39, 0.29) is 16.5 Å². The Hall–Kier alpha value is -2.93. The van der Waals surface area contributed by atoms with Crippen LogP contribution in [0.2, 0.25) is 0 Å². The van der Waals surface area contributed by atoms with E-state index in [1.54, 1.807) is 10.6 Å². The Bertz CT molecular complexity index is 846. The van der Waals surface area contributed by atoms with E-state index in [2.05, 4.69) is 18.5 Å². The molecule has 0 saturated carbocycles. The molecule has 0 unspecified atom stereocenters. The van der Waals surface area contributed by atoms with Gasteiger partial charge in [0.1, 0.15) is 0 Å². The number of hydrogen-bond acceptors (Lipinski definition) is 5. The van der Waals surface area contributed by atoms with Crippen molar-refractivity contribution in [2.24, 2.45) is 4.99 Å². The monoisotopic (exact) mass is 383 g/mol.